The molecule has 0 bridgehead atoms. The Morgan fingerprint density at radius 2 is 1.78 bits per heavy atom. The van der Waals surface area contributed by atoms with Gasteiger partial charge in [-0.15, -0.1) is 0 Å². The molecule has 0 aliphatic carbocycles. The topological polar surface area (TPSA) is 213 Å². The molecule has 0 spiro atoms. The Morgan fingerprint density at radius 1 is 1.12 bits per heavy atom. The Kier molecular flexibility index (Phi) is 6.75. The van der Waals surface area contributed by atoms with Gasteiger partial charge in [-0.3, -0.25) is 14.3 Å². The second-order valence-electron chi connectivity index (χ2n) is 6.36. The number of methoxy groups -OCH3 is 2. The molecule has 5 unspecified atom stereocenters. The van der Waals surface area contributed by atoms with Crippen LogP contribution in [-0.4, -0.2) is 65.0 Å². The normalized spacial score (nSPS) is 41.5. The maximum atomic E-state index is 12.3. The van der Waals surface area contributed by atoms with E-state index in [0.717, 1.165) is 10.8 Å². The first-order valence-corrected chi connectivity index (χ1v) is 12.7. The van der Waals surface area contributed by atoms with Gasteiger partial charge in [0.15, 0.2) is 6.23 Å². The van der Waals surface area contributed by atoms with Crippen molar-refractivity contribution in [2.24, 2.45) is 0 Å². The molecule has 0 saturated carbocycles. The summed E-state index contributed by atoms with van der Waals surface area (Å²) >= 11 is 0. The molecule has 3 fully saturated rings. The van der Waals surface area contributed by atoms with Crippen molar-refractivity contribution in [2.45, 2.75) is 31.0 Å². The number of aromatic nitrogens is 2. The molecule has 4 rings (SSSR count). The van der Waals surface area contributed by atoms with Crippen LogP contribution in [0.5, 0.6) is 5.75 Å². The molecule has 17 nitrogen and oxygen atoms in total. The fourth-order valence-electron chi connectivity index (χ4n) is 3.10. The van der Waals surface area contributed by atoms with E-state index in [1.165, 1.54) is 14.2 Å². The summed E-state index contributed by atoms with van der Waals surface area (Å²) in [5.74, 6) is -0.170. The lowest BCUT2D eigenvalue weighted by Crippen LogP contribution is -2.37. The van der Waals surface area contributed by atoms with Crippen LogP contribution in [-0.2, 0) is 45.5 Å². The summed E-state index contributed by atoms with van der Waals surface area (Å²) in [4.78, 5) is 44.9. The molecule has 4 heterocycles. The van der Waals surface area contributed by atoms with Crippen LogP contribution >= 0.6 is 24.2 Å². The molecule has 3 aliphatic heterocycles. The van der Waals surface area contributed by atoms with Crippen molar-refractivity contribution < 1.29 is 60.1 Å². The van der Waals surface area contributed by atoms with E-state index in [1.54, 1.807) is 0 Å². The van der Waals surface area contributed by atoms with Crippen molar-refractivity contribution in [2.75, 3.05) is 20.8 Å². The molecule has 20 heteroatoms. The Morgan fingerprint density at radius 3 is 2.41 bits per heavy atom. The number of phosphoric acid groups is 2. The summed E-state index contributed by atoms with van der Waals surface area (Å²) in [6, 6.07) is 0. The van der Waals surface area contributed by atoms with Gasteiger partial charge >= 0.3 is 29.9 Å². The number of hydrogen-bond acceptors (Lipinski definition) is 13. The largest absolute Gasteiger partial charge is 0.490 e. The van der Waals surface area contributed by atoms with Crippen LogP contribution in [0.15, 0.2) is 15.8 Å². The number of ether oxygens (including phenoxy) is 5. The maximum absolute atomic E-state index is 12.3. The van der Waals surface area contributed by atoms with Crippen molar-refractivity contribution in [3.05, 3.63) is 27.0 Å². The van der Waals surface area contributed by atoms with Gasteiger partial charge < -0.3 is 38.0 Å². The first-order valence-electron chi connectivity index (χ1n) is 8.60. The minimum Gasteiger partial charge on any atom is -0.490 e. The number of H-pyrrole nitrogens is 1. The SMILES string of the molecule is COc1cn(C2O[C@H](COP3OP(=O)(O)OP(=O)(O)O3)[C@@H]3OC(OC)OC23)c(=O)[nH]c1=O. The fourth-order valence-corrected chi connectivity index (χ4v) is 7.30. The van der Waals surface area contributed by atoms with Crippen LogP contribution < -0.4 is 16.0 Å². The van der Waals surface area contributed by atoms with E-state index >= 15 is 0 Å². The van der Waals surface area contributed by atoms with Gasteiger partial charge in [-0.25, -0.2) is 22.5 Å². The molecule has 0 aromatic carbocycles. The summed E-state index contributed by atoms with van der Waals surface area (Å²) in [5, 5.41) is 0. The second kappa shape index (κ2) is 8.96. The van der Waals surface area contributed by atoms with Gasteiger partial charge in [0.2, 0.25) is 5.75 Å². The summed E-state index contributed by atoms with van der Waals surface area (Å²) in [6.07, 6.45) is -2.81. The fraction of sp³-hybridized carbons (Fsp3) is 0.667. The van der Waals surface area contributed by atoms with Crippen LogP contribution in [0.2, 0.25) is 0 Å². The summed E-state index contributed by atoms with van der Waals surface area (Å²) in [6.45, 7) is -1.56. The summed E-state index contributed by atoms with van der Waals surface area (Å²) < 4.78 is 69.1. The second-order valence-corrected chi connectivity index (χ2v) is 10.9. The lowest BCUT2D eigenvalue weighted by Gasteiger charge is -2.27. The molecule has 7 atom stereocenters. The smallest absolute Gasteiger partial charge is 0.488 e. The maximum Gasteiger partial charge on any atom is 0.488 e. The summed E-state index contributed by atoms with van der Waals surface area (Å²) in [7, 11) is -10.0. The van der Waals surface area contributed by atoms with E-state index in [1.807, 2.05) is 0 Å². The van der Waals surface area contributed by atoms with Gasteiger partial charge in [0, 0.05) is 7.11 Å². The first kappa shape index (κ1) is 24.1. The predicted octanol–water partition coefficient (Wildman–Crippen LogP) is -0.336. The molecule has 1 aromatic rings. The number of nitrogens with one attached hydrogen (secondary N) is 1. The monoisotopic (exact) mass is 522 g/mol. The zero-order chi connectivity index (χ0) is 23.3. The number of fused-ring (bicyclic) bond motifs is 1. The van der Waals surface area contributed by atoms with Gasteiger partial charge in [-0.1, -0.05) is 0 Å². The van der Waals surface area contributed by atoms with Crippen LogP contribution in [0.25, 0.3) is 0 Å². The van der Waals surface area contributed by atoms with Crippen molar-refractivity contribution in [3.63, 3.8) is 0 Å². The highest BCUT2D eigenvalue weighted by molar-refractivity contribution is 7.72. The Labute approximate surface area is 179 Å². The molecule has 0 amide bonds. The van der Waals surface area contributed by atoms with Crippen LogP contribution in [0.4, 0.5) is 0 Å². The standard InChI is InChI=1S/C12H17N2O15P3/c1-21-5-3-14(11(16)13-9(5)15)10-8-7(25-12(22-2)26-8)6(24-10)4-23-30-27-31(17,18)29-32(19,20)28-30/h3,6-8,10,12H,4H2,1-2H3,(H,17,18)(H,19,20)(H,13,15,16)/t6-,7+,8?,10?,12?/m1/s1. The molecule has 3 N–H and O–H groups in total. The minimum atomic E-state index is -4.89. The molecular formula is C12H17N2O15P3. The molecule has 180 valence electrons. The van der Waals surface area contributed by atoms with Gasteiger partial charge in [0.25, 0.3) is 12.0 Å². The van der Waals surface area contributed by atoms with E-state index in [2.05, 4.69) is 17.9 Å². The van der Waals surface area contributed by atoms with Crippen molar-refractivity contribution in [3.8, 4) is 5.75 Å². The lowest BCUT2D eigenvalue weighted by atomic mass is 10.1. The number of rotatable bonds is 6. The molecule has 3 aliphatic rings. The van der Waals surface area contributed by atoms with Crippen molar-refractivity contribution >= 4 is 24.2 Å². The van der Waals surface area contributed by atoms with E-state index < -0.39 is 73.1 Å². The van der Waals surface area contributed by atoms with Crippen LogP contribution in [0, 0.1) is 0 Å². The highest BCUT2D eigenvalue weighted by Crippen LogP contribution is 2.76. The first-order chi connectivity index (χ1) is 15.0. The van der Waals surface area contributed by atoms with Gasteiger partial charge in [0.1, 0.15) is 18.3 Å². The Balaban J connectivity index is 1.54. The lowest BCUT2D eigenvalue weighted by molar-refractivity contribution is -0.256. The number of aromatic amines is 1. The quantitative estimate of drug-likeness (QED) is 0.408. The van der Waals surface area contributed by atoms with Crippen molar-refractivity contribution in [1.82, 2.24) is 9.55 Å². The van der Waals surface area contributed by atoms with E-state index in [0.29, 0.717) is 0 Å². The van der Waals surface area contributed by atoms with Gasteiger partial charge in [-0.2, -0.15) is 4.31 Å². The highest BCUT2D eigenvalue weighted by atomic mass is 31.3. The predicted molar refractivity (Wildman–Crippen MR) is 98.1 cm³/mol. The molecule has 32 heavy (non-hydrogen) atoms. The van der Waals surface area contributed by atoms with Gasteiger partial charge in [-0.05, 0) is 0 Å². The Hall–Kier alpha value is -1.03. The van der Waals surface area contributed by atoms with Crippen molar-refractivity contribution in [1.29, 1.82) is 0 Å². The number of hydrogen-bond donors (Lipinski definition) is 3. The van der Waals surface area contributed by atoms with E-state index in [-0.39, 0.29) is 5.75 Å². The zero-order valence-corrected chi connectivity index (χ0v) is 18.8. The third kappa shape index (κ3) is 4.91. The molecule has 1 aromatic heterocycles. The van der Waals surface area contributed by atoms with Crippen LogP contribution in [0.1, 0.15) is 6.23 Å². The van der Waals surface area contributed by atoms with E-state index in [4.69, 9.17) is 28.2 Å². The highest BCUT2D eigenvalue weighted by Gasteiger charge is 2.55. The average molecular weight is 522 g/mol. The summed E-state index contributed by atoms with van der Waals surface area (Å²) in [5.41, 5.74) is -1.58. The van der Waals surface area contributed by atoms with Crippen LogP contribution in [0.3, 0.4) is 0 Å². The molecule has 3 saturated heterocycles. The molecular weight excluding hydrogens is 505 g/mol. The number of nitrogens with zero attached hydrogens (tertiary/aromatic N) is 1. The third-order valence-electron chi connectivity index (χ3n) is 4.33. The Bertz CT molecular complexity index is 1050. The zero-order valence-electron chi connectivity index (χ0n) is 16.2. The average Bonchev–Trinajstić information content (AvgIpc) is 3.23. The molecule has 0 radical (unpaired) electrons. The van der Waals surface area contributed by atoms with E-state index in [9.17, 15) is 28.5 Å². The van der Waals surface area contributed by atoms with Gasteiger partial charge in [0.05, 0.1) is 19.9 Å². The minimum absolute atomic E-state index is 0.170. The third-order valence-corrected chi connectivity index (χ3v) is 9.06.